The van der Waals surface area contributed by atoms with Gasteiger partial charge in [0.2, 0.25) is 5.78 Å². The topological polar surface area (TPSA) is 58.9 Å². The SMILES string of the molecule is O=CC(=O)C1=CC=C2N=NC=CC=C2C1. The van der Waals surface area contributed by atoms with Crippen molar-refractivity contribution in [2.75, 3.05) is 0 Å². The Morgan fingerprint density at radius 2 is 2.20 bits per heavy atom. The van der Waals surface area contributed by atoms with E-state index in [-0.39, 0.29) is 0 Å². The van der Waals surface area contributed by atoms with Crippen molar-refractivity contribution in [1.29, 1.82) is 0 Å². The molecule has 4 nitrogen and oxygen atoms in total. The van der Waals surface area contributed by atoms with E-state index in [2.05, 4.69) is 10.2 Å². The number of fused-ring (bicyclic) bond motifs is 1. The second kappa shape index (κ2) is 3.96. The summed E-state index contributed by atoms with van der Waals surface area (Å²) in [6.45, 7) is 0. The number of azo groups is 1. The summed E-state index contributed by atoms with van der Waals surface area (Å²) in [6.07, 6.45) is 9.26. The first-order chi connectivity index (χ1) is 7.31. The number of carbonyl (C=O) groups is 2. The molecule has 0 radical (unpaired) electrons. The largest absolute Gasteiger partial charge is 0.294 e. The highest BCUT2D eigenvalue weighted by Crippen LogP contribution is 2.27. The number of carbonyl (C=O) groups excluding carboxylic acids is 2. The lowest BCUT2D eigenvalue weighted by Gasteiger charge is -2.11. The van der Waals surface area contributed by atoms with E-state index < -0.39 is 5.78 Å². The molecule has 0 aromatic rings. The number of Topliss-reactive ketones (excluding diaryl/α,β-unsaturated/α-hetero) is 1. The van der Waals surface area contributed by atoms with E-state index in [1.54, 1.807) is 24.4 Å². The maximum atomic E-state index is 11.2. The van der Waals surface area contributed by atoms with Gasteiger partial charge in [0.05, 0.1) is 5.70 Å². The van der Waals surface area contributed by atoms with Gasteiger partial charge in [-0.25, -0.2) is 0 Å². The molecule has 1 aliphatic heterocycles. The molecule has 0 fully saturated rings. The number of hydrogen-bond acceptors (Lipinski definition) is 4. The van der Waals surface area contributed by atoms with Crippen LogP contribution in [0.25, 0.3) is 0 Å². The molecule has 74 valence electrons. The minimum Gasteiger partial charge on any atom is -0.294 e. The lowest BCUT2D eigenvalue weighted by atomic mass is 9.94. The quantitative estimate of drug-likeness (QED) is 0.504. The molecule has 1 aliphatic carbocycles. The van der Waals surface area contributed by atoms with Crippen LogP contribution in [-0.4, -0.2) is 12.1 Å². The van der Waals surface area contributed by atoms with Gasteiger partial charge in [-0.05, 0) is 17.7 Å². The summed E-state index contributed by atoms with van der Waals surface area (Å²) in [5.41, 5.74) is 2.13. The van der Waals surface area contributed by atoms with E-state index in [9.17, 15) is 9.59 Å². The fourth-order valence-corrected chi connectivity index (χ4v) is 1.42. The summed E-state index contributed by atoms with van der Waals surface area (Å²) in [4.78, 5) is 21.5. The number of rotatable bonds is 2. The molecule has 0 amide bonds. The van der Waals surface area contributed by atoms with Crippen molar-refractivity contribution in [2.24, 2.45) is 10.2 Å². The Balaban J connectivity index is 2.35. The van der Waals surface area contributed by atoms with Gasteiger partial charge in [-0.1, -0.05) is 12.2 Å². The summed E-state index contributed by atoms with van der Waals surface area (Å²) in [5.74, 6) is -0.476. The van der Waals surface area contributed by atoms with E-state index in [1.165, 1.54) is 0 Å². The Hall–Kier alpha value is -2.10. The molecule has 0 saturated heterocycles. The average Bonchev–Trinajstić information content (AvgIpc) is 2.51. The lowest BCUT2D eigenvalue weighted by molar-refractivity contribution is -0.127. The smallest absolute Gasteiger partial charge is 0.221 e. The molecular weight excluding hydrogens is 192 g/mol. The highest BCUT2D eigenvalue weighted by atomic mass is 16.2. The third kappa shape index (κ3) is 1.88. The molecule has 0 aromatic heterocycles. The van der Waals surface area contributed by atoms with Gasteiger partial charge in [0.15, 0.2) is 6.29 Å². The third-order valence-corrected chi connectivity index (χ3v) is 2.19. The Morgan fingerprint density at radius 1 is 1.33 bits per heavy atom. The van der Waals surface area contributed by atoms with Crippen LogP contribution in [0.15, 0.2) is 57.6 Å². The molecule has 0 spiro atoms. The zero-order chi connectivity index (χ0) is 10.7. The predicted octanol–water partition coefficient (Wildman–Crippen LogP) is 1.87. The Morgan fingerprint density at radius 3 is 3.00 bits per heavy atom. The zero-order valence-corrected chi connectivity index (χ0v) is 7.88. The van der Waals surface area contributed by atoms with Gasteiger partial charge in [0, 0.05) is 18.2 Å². The first kappa shape index (κ1) is 9.45. The van der Waals surface area contributed by atoms with E-state index in [1.807, 2.05) is 6.08 Å². The van der Waals surface area contributed by atoms with Gasteiger partial charge in [0.25, 0.3) is 0 Å². The van der Waals surface area contributed by atoms with Crippen LogP contribution in [-0.2, 0) is 9.59 Å². The van der Waals surface area contributed by atoms with Crippen molar-refractivity contribution in [3.63, 3.8) is 0 Å². The molecule has 2 aliphatic rings. The van der Waals surface area contributed by atoms with Crippen molar-refractivity contribution < 1.29 is 9.59 Å². The zero-order valence-electron chi connectivity index (χ0n) is 7.88. The molecule has 0 atom stereocenters. The molecule has 0 unspecified atom stereocenters. The van der Waals surface area contributed by atoms with Gasteiger partial charge in [0.1, 0.15) is 0 Å². The number of ketones is 1. The fourth-order valence-electron chi connectivity index (χ4n) is 1.42. The van der Waals surface area contributed by atoms with Crippen molar-refractivity contribution >= 4 is 12.1 Å². The standard InChI is InChI=1S/C11H8N2O2/c14-7-11(15)9-3-4-10-8(6-9)2-1-5-12-13-10/h1-5,7H,6H2. The van der Waals surface area contributed by atoms with E-state index in [0.29, 0.717) is 18.3 Å². The van der Waals surface area contributed by atoms with E-state index >= 15 is 0 Å². The van der Waals surface area contributed by atoms with E-state index in [0.717, 1.165) is 11.3 Å². The maximum Gasteiger partial charge on any atom is 0.221 e. The van der Waals surface area contributed by atoms with Crippen molar-refractivity contribution in [1.82, 2.24) is 0 Å². The molecular formula is C11H8N2O2. The fraction of sp³-hybridized carbons (Fsp3) is 0.0909. The molecule has 4 heteroatoms. The van der Waals surface area contributed by atoms with Gasteiger partial charge in [-0.15, -0.1) is 0 Å². The van der Waals surface area contributed by atoms with Gasteiger partial charge in [-0.2, -0.15) is 10.2 Å². The van der Waals surface area contributed by atoms with Gasteiger partial charge in [-0.3, -0.25) is 9.59 Å². The summed E-state index contributed by atoms with van der Waals surface area (Å²) in [7, 11) is 0. The summed E-state index contributed by atoms with van der Waals surface area (Å²) < 4.78 is 0. The first-order valence-corrected chi connectivity index (χ1v) is 4.48. The molecule has 0 N–H and O–H groups in total. The Labute approximate surface area is 86.4 Å². The second-order valence-electron chi connectivity index (χ2n) is 3.15. The van der Waals surface area contributed by atoms with E-state index in [4.69, 9.17) is 0 Å². The van der Waals surface area contributed by atoms with Crippen LogP contribution in [0.3, 0.4) is 0 Å². The van der Waals surface area contributed by atoms with Crippen LogP contribution in [0.1, 0.15) is 6.42 Å². The van der Waals surface area contributed by atoms with Crippen LogP contribution in [0.4, 0.5) is 0 Å². The highest BCUT2D eigenvalue weighted by molar-refractivity contribution is 6.33. The minimum atomic E-state index is -0.476. The van der Waals surface area contributed by atoms with Crippen LogP contribution < -0.4 is 0 Å². The van der Waals surface area contributed by atoms with Crippen LogP contribution in [0, 0.1) is 0 Å². The Kier molecular flexibility index (Phi) is 2.49. The van der Waals surface area contributed by atoms with Crippen LogP contribution in [0.5, 0.6) is 0 Å². The predicted molar refractivity (Wildman–Crippen MR) is 53.9 cm³/mol. The van der Waals surface area contributed by atoms with Crippen molar-refractivity contribution in [3.8, 4) is 0 Å². The van der Waals surface area contributed by atoms with Gasteiger partial charge < -0.3 is 0 Å². The normalized spacial score (nSPS) is 18.3. The number of allylic oxidation sites excluding steroid dienone is 6. The third-order valence-electron chi connectivity index (χ3n) is 2.19. The van der Waals surface area contributed by atoms with Crippen LogP contribution >= 0.6 is 0 Å². The molecule has 0 saturated carbocycles. The molecule has 15 heavy (non-hydrogen) atoms. The van der Waals surface area contributed by atoms with Crippen molar-refractivity contribution in [2.45, 2.75) is 6.42 Å². The highest BCUT2D eigenvalue weighted by Gasteiger charge is 2.16. The molecule has 0 bridgehead atoms. The minimum absolute atomic E-state index is 0.333. The summed E-state index contributed by atoms with van der Waals surface area (Å²) in [5, 5.41) is 7.74. The first-order valence-electron chi connectivity index (χ1n) is 4.48. The lowest BCUT2D eigenvalue weighted by Crippen LogP contribution is -2.07. The number of nitrogens with zero attached hydrogens (tertiary/aromatic N) is 2. The second-order valence-corrected chi connectivity index (χ2v) is 3.15. The number of hydrogen-bond donors (Lipinski definition) is 0. The molecule has 2 rings (SSSR count). The average molecular weight is 200 g/mol. The summed E-state index contributed by atoms with van der Waals surface area (Å²) >= 11 is 0. The monoisotopic (exact) mass is 200 g/mol. The van der Waals surface area contributed by atoms with Crippen LogP contribution in [0.2, 0.25) is 0 Å². The van der Waals surface area contributed by atoms with Gasteiger partial charge >= 0.3 is 0 Å². The molecule has 1 heterocycles. The summed E-state index contributed by atoms with van der Waals surface area (Å²) in [6, 6.07) is 0. The maximum absolute atomic E-state index is 11.2. The molecule has 0 aromatic carbocycles. The number of aldehydes is 1. The Bertz CT molecular complexity index is 465. The van der Waals surface area contributed by atoms with Crippen molar-refractivity contribution in [3.05, 3.63) is 47.3 Å².